The predicted octanol–water partition coefficient (Wildman–Crippen LogP) is 5.01. The monoisotopic (exact) mass is 409 g/mol. The molecule has 3 rings (SSSR count). The van der Waals surface area contributed by atoms with E-state index in [2.05, 4.69) is 17.0 Å². The standard InChI is InChI=1S/C25H28ClNO2/c1-27(2)18-22(16-19-8-5-4-6-9-19)25(28,20-12-14-23(26)15-13-20)21-10-7-11-24(17-21)29-3/h4-15,17,22,28H,16,18H2,1-3H3/t22-,25+/m1/s1. The van der Waals surface area contributed by atoms with Crippen LogP contribution in [-0.2, 0) is 12.0 Å². The highest BCUT2D eigenvalue weighted by molar-refractivity contribution is 6.30. The van der Waals surface area contributed by atoms with Gasteiger partial charge in [0.15, 0.2) is 0 Å². The number of methoxy groups -OCH3 is 1. The first-order valence-electron chi connectivity index (χ1n) is 9.75. The van der Waals surface area contributed by atoms with Gasteiger partial charge in [0, 0.05) is 17.5 Å². The van der Waals surface area contributed by atoms with Gasteiger partial charge in [0.2, 0.25) is 0 Å². The molecule has 3 nitrogen and oxygen atoms in total. The normalized spacial score (nSPS) is 14.4. The number of benzene rings is 3. The topological polar surface area (TPSA) is 32.7 Å². The summed E-state index contributed by atoms with van der Waals surface area (Å²) in [6, 6.07) is 25.5. The molecular formula is C25H28ClNO2. The van der Waals surface area contributed by atoms with Crippen molar-refractivity contribution in [1.29, 1.82) is 0 Å². The van der Waals surface area contributed by atoms with E-state index in [9.17, 15) is 5.11 Å². The maximum atomic E-state index is 12.3. The van der Waals surface area contributed by atoms with Crippen molar-refractivity contribution < 1.29 is 9.84 Å². The highest BCUT2D eigenvalue weighted by Gasteiger charge is 2.40. The molecule has 0 saturated heterocycles. The van der Waals surface area contributed by atoms with E-state index in [-0.39, 0.29) is 5.92 Å². The van der Waals surface area contributed by atoms with E-state index in [0.717, 1.165) is 23.3 Å². The van der Waals surface area contributed by atoms with Crippen molar-refractivity contribution in [1.82, 2.24) is 4.90 Å². The lowest BCUT2D eigenvalue weighted by molar-refractivity contribution is 0.00494. The SMILES string of the molecule is COc1cccc([C@@](O)(c2ccc(Cl)cc2)[C@H](Cc2ccccc2)CN(C)C)c1. The van der Waals surface area contributed by atoms with Crippen LogP contribution in [0.15, 0.2) is 78.9 Å². The summed E-state index contributed by atoms with van der Waals surface area (Å²) in [6.45, 7) is 0.714. The van der Waals surface area contributed by atoms with Crippen molar-refractivity contribution in [2.75, 3.05) is 27.7 Å². The smallest absolute Gasteiger partial charge is 0.119 e. The Morgan fingerprint density at radius 1 is 0.931 bits per heavy atom. The van der Waals surface area contributed by atoms with Crippen LogP contribution >= 0.6 is 11.6 Å². The fourth-order valence-corrected chi connectivity index (χ4v) is 4.01. The van der Waals surface area contributed by atoms with E-state index < -0.39 is 5.60 Å². The number of hydrogen-bond acceptors (Lipinski definition) is 3. The van der Waals surface area contributed by atoms with Crippen LogP contribution in [0.25, 0.3) is 0 Å². The molecule has 3 aromatic rings. The Morgan fingerprint density at radius 3 is 2.24 bits per heavy atom. The first-order valence-corrected chi connectivity index (χ1v) is 10.1. The minimum Gasteiger partial charge on any atom is -0.497 e. The number of hydrogen-bond donors (Lipinski definition) is 1. The van der Waals surface area contributed by atoms with Gasteiger partial charge in [-0.25, -0.2) is 0 Å². The van der Waals surface area contributed by atoms with Gasteiger partial charge in [0.1, 0.15) is 11.4 Å². The van der Waals surface area contributed by atoms with Crippen LogP contribution in [0, 0.1) is 5.92 Å². The van der Waals surface area contributed by atoms with Crippen molar-refractivity contribution in [3.05, 3.63) is 101 Å². The van der Waals surface area contributed by atoms with Gasteiger partial charge in [0.05, 0.1) is 7.11 Å². The molecule has 1 N–H and O–H groups in total. The minimum atomic E-state index is -1.21. The Hall–Kier alpha value is -2.33. The highest BCUT2D eigenvalue weighted by Crippen LogP contribution is 2.40. The summed E-state index contributed by atoms with van der Waals surface area (Å²) in [5.74, 6) is 0.631. The zero-order valence-electron chi connectivity index (χ0n) is 17.2. The summed E-state index contributed by atoms with van der Waals surface area (Å²) in [6.07, 6.45) is 0.732. The zero-order chi connectivity index (χ0) is 20.9. The molecule has 0 bridgehead atoms. The second kappa shape index (κ2) is 9.45. The molecule has 29 heavy (non-hydrogen) atoms. The average molecular weight is 410 g/mol. The Kier molecular flexibility index (Phi) is 6.96. The van der Waals surface area contributed by atoms with Gasteiger partial charge in [-0.3, -0.25) is 0 Å². The lowest BCUT2D eigenvalue weighted by Gasteiger charge is -2.39. The third-order valence-corrected chi connectivity index (χ3v) is 5.55. The van der Waals surface area contributed by atoms with Crippen LogP contribution in [0.2, 0.25) is 5.02 Å². The molecular weight excluding hydrogens is 382 g/mol. The van der Waals surface area contributed by atoms with Crippen LogP contribution in [0.3, 0.4) is 0 Å². The molecule has 0 fully saturated rings. The molecule has 0 aliphatic heterocycles. The van der Waals surface area contributed by atoms with Gasteiger partial charge < -0.3 is 14.7 Å². The Labute approximate surface area is 178 Å². The quantitative estimate of drug-likeness (QED) is 0.568. The van der Waals surface area contributed by atoms with Crippen LogP contribution in [0.5, 0.6) is 5.75 Å². The summed E-state index contributed by atoms with van der Waals surface area (Å²) in [4.78, 5) is 2.12. The molecule has 0 aliphatic carbocycles. The van der Waals surface area contributed by atoms with E-state index in [1.54, 1.807) is 7.11 Å². The second-order valence-corrected chi connectivity index (χ2v) is 8.09. The van der Waals surface area contributed by atoms with Crippen molar-refractivity contribution in [2.45, 2.75) is 12.0 Å². The average Bonchev–Trinajstić information content (AvgIpc) is 2.73. The van der Waals surface area contributed by atoms with E-state index in [0.29, 0.717) is 11.6 Å². The van der Waals surface area contributed by atoms with Gasteiger partial charge in [-0.05, 0) is 61.5 Å². The summed E-state index contributed by atoms with van der Waals surface area (Å²) in [5, 5.41) is 13.0. The minimum absolute atomic E-state index is 0.0896. The van der Waals surface area contributed by atoms with Gasteiger partial charge >= 0.3 is 0 Å². The molecule has 0 amide bonds. The molecule has 0 unspecified atom stereocenters. The molecule has 0 spiro atoms. The number of aliphatic hydroxyl groups is 1. The third-order valence-electron chi connectivity index (χ3n) is 5.30. The molecule has 0 aliphatic rings. The summed E-state index contributed by atoms with van der Waals surface area (Å²) >= 11 is 6.14. The molecule has 152 valence electrons. The molecule has 0 saturated carbocycles. The molecule has 2 atom stereocenters. The maximum Gasteiger partial charge on any atom is 0.119 e. The number of rotatable bonds is 8. The Bertz CT molecular complexity index is 912. The molecule has 0 aromatic heterocycles. The molecule has 4 heteroatoms. The molecule has 0 radical (unpaired) electrons. The Balaban J connectivity index is 2.15. The lowest BCUT2D eigenvalue weighted by atomic mass is 9.73. The van der Waals surface area contributed by atoms with Crippen LogP contribution in [-0.4, -0.2) is 37.8 Å². The van der Waals surface area contributed by atoms with E-state index in [1.807, 2.05) is 80.8 Å². The summed E-state index contributed by atoms with van der Waals surface area (Å²) in [7, 11) is 5.71. The fraction of sp³-hybridized carbons (Fsp3) is 0.280. The summed E-state index contributed by atoms with van der Waals surface area (Å²) < 4.78 is 5.44. The highest BCUT2D eigenvalue weighted by atomic mass is 35.5. The predicted molar refractivity (Wildman–Crippen MR) is 120 cm³/mol. The van der Waals surface area contributed by atoms with Gasteiger partial charge in [-0.15, -0.1) is 0 Å². The summed E-state index contributed by atoms with van der Waals surface area (Å²) in [5.41, 5.74) is 1.61. The second-order valence-electron chi connectivity index (χ2n) is 7.65. The van der Waals surface area contributed by atoms with E-state index in [4.69, 9.17) is 16.3 Å². The van der Waals surface area contributed by atoms with Gasteiger partial charge in [-0.1, -0.05) is 66.2 Å². The van der Waals surface area contributed by atoms with Crippen molar-refractivity contribution in [3.8, 4) is 5.75 Å². The zero-order valence-corrected chi connectivity index (χ0v) is 17.9. The van der Waals surface area contributed by atoms with E-state index >= 15 is 0 Å². The van der Waals surface area contributed by atoms with Crippen molar-refractivity contribution in [2.24, 2.45) is 5.92 Å². The third kappa shape index (κ3) is 4.99. The van der Waals surface area contributed by atoms with Gasteiger partial charge in [-0.2, -0.15) is 0 Å². The van der Waals surface area contributed by atoms with Crippen molar-refractivity contribution >= 4 is 11.6 Å². The van der Waals surface area contributed by atoms with Gasteiger partial charge in [0.25, 0.3) is 0 Å². The maximum absolute atomic E-state index is 12.3. The first-order chi connectivity index (χ1) is 13.9. The van der Waals surface area contributed by atoms with Crippen LogP contribution < -0.4 is 4.74 Å². The fourth-order valence-electron chi connectivity index (χ4n) is 3.89. The largest absolute Gasteiger partial charge is 0.497 e. The van der Waals surface area contributed by atoms with Crippen LogP contribution in [0.4, 0.5) is 0 Å². The van der Waals surface area contributed by atoms with Crippen molar-refractivity contribution in [3.63, 3.8) is 0 Å². The first kappa shape index (κ1) is 21.4. The number of nitrogens with zero attached hydrogens (tertiary/aromatic N) is 1. The lowest BCUT2D eigenvalue weighted by Crippen LogP contribution is -2.43. The number of ether oxygens (including phenoxy) is 1. The molecule has 0 heterocycles. The number of halogens is 1. The van der Waals surface area contributed by atoms with E-state index in [1.165, 1.54) is 5.56 Å². The Morgan fingerprint density at radius 2 is 1.62 bits per heavy atom. The molecule has 3 aromatic carbocycles. The van der Waals surface area contributed by atoms with Crippen LogP contribution in [0.1, 0.15) is 16.7 Å².